The number of rotatable bonds is 4. The molecule has 0 aromatic carbocycles. The standard InChI is InChI=1S/C6H13NO3/c1-2-3-7-6(9)10-5-4-8/h8H,2-5H2,1H3,(H,7,9). The van der Waals surface area contributed by atoms with Crippen LogP contribution in [-0.4, -0.2) is 31.0 Å². The van der Waals surface area contributed by atoms with Crippen molar-refractivity contribution in [1.82, 2.24) is 5.32 Å². The molecular formula is C6H13NO3. The van der Waals surface area contributed by atoms with Gasteiger partial charge in [-0.2, -0.15) is 0 Å². The summed E-state index contributed by atoms with van der Waals surface area (Å²) in [6, 6.07) is 0. The summed E-state index contributed by atoms with van der Waals surface area (Å²) in [7, 11) is 0. The first kappa shape index (κ1) is 9.23. The van der Waals surface area contributed by atoms with Gasteiger partial charge in [0.05, 0.1) is 6.61 Å². The van der Waals surface area contributed by atoms with Gasteiger partial charge in [0.25, 0.3) is 0 Å². The van der Waals surface area contributed by atoms with Gasteiger partial charge in [-0.05, 0) is 6.42 Å². The van der Waals surface area contributed by atoms with Gasteiger partial charge in [-0.1, -0.05) is 6.92 Å². The lowest BCUT2D eigenvalue weighted by Gasteiger charge is -2.02. The van der Waals surface area contributed by atoms with E-state index in [9.17, 15) is 4.79 Å². The quantitative estimate of drug-likeness (QED) is 0.593. The molecule has 0 saturated carbocycles. The van der Waals surface area contributed by atoms with Gasteiger partial charge in [0.1, 0.15) is 6.61 Å². The number of aliphatic hydroxyl groups excluding tert-OH is 1. The third-order valence-electron chi connectivity index (χ3n) is 0.844. The Kier molecular flexibility index (Phi) is 5.86. The van der Waals surface area contributed by atoms with Crippen molar-refractivity contribution in [2.24, 2.45) is 0 Å². The number of nitrogens with one attached hydrogen (secondary N) is 1. The van der Waals surface area contributed by atoms with Crippen LogP contribution in [0.3, 0.4) is 0 Å². The molecule has 0 fully saturated rings. The summed E-state index contributed by atoms with van der Waals surface area (Å²) in [5, 5.41) is 10.7. The third kappa shape index (κ3) is 5.37. The fraction of sp³-hybridized carbons (Fsp3) is 0.833. The van der Waals surface area contributed by atoms with Crippen LogP contribution in [-0.2, 0) is 4.74 Å². The zero-order valence-corrected chi connectivity index (χ0v) is 6.09. The predicted octanol–water partition coefficient (Wildman–Crippen LogP) is 0.115. The lowest BCUT2D eigenvalue weighted by atomic mass is 10.5. The Morgan fingerprint density at radius 3 is 2.90 bits per heavy atom. The first-order valence-electron chi connectivity index (χ1n) is 3.32. The number of ether oxygens (including phenoxy) is 1. The molecule has 0 aromatic heterocycles. The Balaban J connectivity index is 3.09. The summed E-state index contributed by atoms with van der Waals surface area (Å²) in [6.07, 6.45) is 0.421. The molecule has 0 aliphatic rings. The fourth-order valence-electron chi connectivity index (χ4n) is 0.416. The molecule has 0 aromatic rings. The number of carbonyl (C=O) groups excluding carboxylic acids is 1. The van der Waals surface area contributed by atoms with Crippen LogP contribution in [0.2, 0.25) is 0 Å². The van der Waals surface area contributed by atoms with Crippen LogP contribution >= 0.6 is 0 Å². The molecule has 0 unspecified atom stereocenters. The molecule has 4 nitrogen and oxygen atoms in total. The van der Waals surface area contributed by atoms with E-state index in [4.69, 9.17) is 5.11 Å². The van der Waals surface area contributed by atoms with Crippen molar-refractivity contribution >= 4 is 6.09 Å². The molecule has 2 N–H and O–H groups in total. The van der Waals surface area contributed by atoms with Gasteiger partial charge in [0.2, 0.25) is 0 Å². The van der Waals surface area contributed by atoms with E-state index in [1.165, 1.54) is 0 Å². The molecule has 0 bridgehead atoms. The van der Waals surface area contributed by atoms with Gasteiger partial charge in [0.15, 0.2) is 0 Å². The van der Waals surface area contributed by atoms with Crippen LogP contribution in [0.5, 0.6) is 0 Å². The fourth-order valence-corrected chi connectivity index (χ4v) is 0.416. The number of hydrogen-bond donors (Lipinski definition) is 2. The van der Waals surface area contributed by atoms with Crippen molar-refractivity contribution < 1.29 is 14.6 Å². The normalized spacial score (nSPS) is 9.00. The van der Waals surface area contributed by atoms with E-state index in [2.05, 4.69) is 10.1 Å². The Morgan fingerprint density at radius 1 is 1.70 bits per heavy atom. The minimum Gasteiger partial charge on any atom is -0.447 e. The maximum atomic E-state index is 10.5. The van der Waals surface area contributed by atoms with Crippen molar-refractivity contribution in [2.75, 3.05) is 19.8 Å². The van der Waals surface area contributed by atoms with Crippen LogP contribution in [0.1, 0.15) is 13.3 Å². The molecule has 0 rings (SSSR count). The topological polar surface area (TPSA) is 58.6 Å². The van der Waals surface area contributed by atoms with E-state index in [1.54, 1.807) is 0 Å². The molecule has 0 saturated heterocycles. The van der Waals surface area contributed by atoms with Gasteiger partial charge in [0, 0.05) is 6.54 Å². The van der Waals surface area contributed by atoms with Crippen molar-refractivity contribution in [1.29, 1.82) is 0 Å². The summed E-state index contributed by atoms with van der Waals surface area (Å²) >= 11 is 0. The lowest BCUT2D eigenvalue weighted by molar-refractivity contribution is 0.119. The summed E-state index contributed by atoms with van der Waals surface area (Å²) in [6.45, 7) is 2.51. The largest absolute Gasteiger partial charge is 0.447 e. The lowest BCUT2D eigenvalue weighted by Crippen LogP contribution is -2.25. The highest BCUT2D eigenvalue weighted by atomic mass is 16.6. The second kappa shape index (κ2) is 6.35. The van der Waals surface area contributed by atoms with Crippen LogP contribution in [0.4, 0.5) is 4.79 Å². The summed E-state index contributed by atoms with van der Waals surface area (Å²) in [5.41, 5.74) is 0. The molecule has 0 radical (unpaired) electrons. The van der Waals surface area contributed by atoms with Gasteiger partial charge >= 0.3 is 6.09 Å². The molecule has 0 aliphatic carbocycles. The molecular weight excluding hydrogens is 134 g/mol. The monoisotopic (exact) mass is 147 g/mol. The smallest absolute Gasteiger partial charge is 0.407 e. The molecule has 0 spiro atoms. The second-order valence-corrected chi connectivity index (χ2v) is 1.79. The highest BCUT2D eigenvalue weighted by Crippen LogP contribution is 1.77. The number of alkyl carbamates (subject to hydrolysis) is 1. The first-order valence-corrected chi connectivity index (χ1v) is 3.32. The van der Waals surface area contributed by atoms with Gasteiger partial charge in [-0.15, -0.1) is 0 Å². The molecule has 4 heteroatoms. The van der Waals surface area contributed by atoms with Crippen LogP contribution in [0.15, 0.2) is 0 Å². The Morgan fingerprint density at radius 2 is 2.40 bits per heavy atom. The number of amides is 1. The first-order chi connectivity index (χ1) is 4.81. The van der Waals surface area contributed by atoms with Crippen molar-refractivity contribution in [2.45, 2.75) is 13.3 Å². The van der Waals surface area contributed by atoms with Crippen LogP contribution in [0, 0.1) is 0 Å². The molecule has 1 amide bonds. The van der Waals surface area contributed by atoms with Crippen molar-refractivity contribution in [3.63, 3.8) is 0 Å². The zero-order valence-electron chi connectivity index (χ0n) is 6.09. The van der Waals surface area contributed by atoms with E-state index in [1.807, 2.05) is 6.92 Å². The maximum Gasteiger partial charge on any atom is 0.407 e. The predicted molar refractivity (Wildman–Crippen MR) is 36.7 cm³/mol. The second-order valence-electron chi connectivity index (χ2n) is 1.79. The molecule has 0 heterocycles. The Hall–Kier alpha value is -0.770. The Labute approximate surface area is 60.2 Å². The molecule has 60 valence electrons. The number of aliphatic hydroxyl groups is 1. The van der Waals surface area contributed by atoms with Crippen molar-refractivity contribution in [3.05, 3.63) is 0 Å². The summed E-state index contributed by atoms with van der Waals surface area (Å²) in [5.74, 6) is 0. The van der Waals surface area contributed by atoms with Gasteiger partial charge in [-0.25, -0.2) is 4.79 Å². The molecule has 0 atom stereocenters. The average molecular weight is 147 g/mol. The molecule has 10 heavy (non-hydrogen) atoms. The SMILES string of the molecule is CCCNC(=O)OCCO. The van der Waals surface area contributed by atoms with Gasteiger partial charge in [-0.3, -0.25) is 0 Å². The van der Waals surface area contributed by atoms with Crippen LogP contribution in [0.25, 0.3) is 0 Å². The minimum absolute atomic E-state index is 0.0650. The highest BCUT2D eigenvalue weighted by Gasteiger charge is 1.96. The van der Waals surface area contributed by atoms with E-state index in [-0.39, 0.29) is 13.2 Å². The minimum atomic E-state index is -0.462. The zero-order chi connectivity index (χ0) is 7.82. The van der Waals surface area contributed by atoms with E-state index in [0.29, 0.717) is 6.54 Å². The van der Waals surface area contributed by atoms with E-state index < -0.39 is 6.09 Å². The number of hydrogen-bond acceptors (Lipinski definition) is 3. The molecule has 0 aliphatic heterocycles. The highest BCUT2D eigenvalue weighted by molar-refractivity contribution is 5.66. The van der Waals surface area contributed by atoms with Crippen LogP contribution < -0.4 is 5.32 Å². The number of carbonyl (C=O) groups is 1. The van der Waals surface area contributed by atoms with Gasteiger partial charge < -0.3 is 15.2 Å². The Bertz CT molecular complexity index is 85.0. The maximum absolute atomic E-state index is 10.5. The summed E-state index contributed by atoms with van der Waals surface area (Å²) in [4.78, 5) is 10.5. The average Bonchev–Trinajstić information content (AvgIpc) is 1.97. The van der Waals surface area contributed by atoms with E-state index in [0.717, 1.165) is 6.42 Å². The van der Waals surface area contributed by atoms with Crippen molar-refractivity contribution in [3.8, 4) is 0 Å². The summed E-state index contributed by atoms with van der Waals surface area (Å²) < 4.78 is 4.49. The van der Waals surface area contributed by atoms with E-state index >= 15 is 0 Å². The third-order valence-corrected chi connectivity index (χ3v) is 0.844.